The predicted molar refractivity (Wildman–Crippen MR) is 171 cm³/mol. The quantitative estimate of drug-likeness (QED) is 0.109. The van der Waals surface area contributed by atoms with Gasteiger partial charge in [0.15, 0.2) is 24.3 Å². The van der Waals surface area contributed by atoms with Crippen LogP contribution in [-0.4, -0.2) is 55.9 Å². The number of ketones is 1. The number of ether oxygens (including phenoxy) is 5. The van der Waals surface area contributed by atoms with E-state index in [-0.39, 0.29) is 19.0 Å². The Balaban J connectivity index is 1.22. The Morgan fingerprint density at radius 1 is 0.733 bits per heavy atom. The van der Waals surface area contributed by atoms with E-state index < -0.39 is 30.4 Å². The summed E-state index contributed by atoms with van der Waals surface area (Å²) in [6.45, 7) is 10.0. The van der Waals surface area contributed by atoms with Gasteiger partial charge in [-0.25, -0.2) is 9.59 Å². The van der Waals surface area contributed by atoms with Gasteiger partial charge < -0.3 is 23.7 Å². The molecule has 1 aliphatic heterocycles. The maximum atomic E-state index is 12.4. The molecule has 0 N–H and O–H groups in total. The van der Waals surface area contributed by atoms with Crippen LogP contribution in [0.3, 0.4) is 0 Å². The molecule has 4 rings (SSSR count). The monoisotopic (exact) mass is 620 g/mol. The van der Waals surface area contributed by atoms with Crippen molar-refractivity contribution < 1.29 is 38.1 Å². The number of esters is 2. The third-order valence-corrected chi connectivity index (χ3v) is 8.55. The minimum Gasteiger partial charge on any atom is -0.464 e. The number of carbonyl (C=O) groups excluding carboxylic acids is 3. The normalized spacial score (nSPS) is 21.8. The standard InChI is InChI=1S/C37H48O8/c1-5-41-35(39)33-34(36(40)42-6-2)45-37(44-33)30-18-16-28(17-19-30)26-12-14-27(15-13-26)29-20-22-31(23-21-29)43-24-10-8-7-9-11-32(38)25(3)4/h12-19,29,31,33-34,37H,3,5-11,20-24H2,1-2,4H3/t29?,31?,33-,34-/m1/s1. The highest BCUT2D eigenvalue weighted by Crippen LogP contribution is 2.36. The van der Waals surface area contributed by atoms with Crippen molar-refractivity contribution in [3.8, 4) is 11.1 Å². The van der Waals surface area contributed by atoms with Crippen LogP contribution >= 0.6 is 0 Å². The van der Waals surface area contributed by atoms with Gasteiger partial charge in [-0.05, 0) is 87.5 Å². The number of hydrogen-bond donors (Lipinski definition) is 0. The first-order chi connectivity index (χ1) is 21.8. The van der Waals surface area contributed by atoms with Gasteiger partial charge in [0.05, 0.1) is 19.3 Å². The summed E-state index contributed by atoms with van der Waals surface area (Å²) in [5.74, 6) is -0.569. The zero-order chi connectivity index (χ0) is 32.2. The van der Waals surface area contributed by atoms with Crippen molar-refractivity contribution in [3.63, 3.8) is 0 Å². The summed E-state index contributed by atoms with van der Waals surface area (Å²) in [5.41, 5.74) is 4.87. The van der Waals surface area contributed by atoms with E-state index in [1.807, 2.05) is 24.3 Å². The van der Waals surface area contributed by atoms with Gasteiger partial charge in [-0.15, -0.1) is 0 Å². The highest BCUT2D eigenvalue weighted by atomic mass is 16.8. The van der Waals surface area contributed by atoms with E-state index in [2.05, 4.69) is 30.8 Å². The summed E-state index contributed by atoms with van der Waals surface area (Å²) < 4.78 is 28.0. The summed E-state index contributed by atoms with van der Waals surface area (Å²) in [6.07, 6.45) is 6.29. The number of Topliss-reactive ketones (excluding diaryl/α,β-unsaturated/α-hetero) is 1. The van der Waals surface area contributed by atoms with Crippen LogP contribution in [0.25, 0.3) is 11.1 Å². The molecule has 2 fully saturated rings. The van der Waals surface area contributed by atoms with Crippen LogP contribution in [-0.2, 0) is 38.1 Å². The third kappa shape index (κ3) is 9.83. The molecule has 0 unspecified atom stereocenters. The Hall–Kier alpha value is -3.33. The SMILES string of the molecule is C=C(C)C(=O)CCCCCCOC1CCC(c2ccc(-c3ccc(C4O[C@@H](C(=O)OCC)[C@H](C(=O)OCC)O4)cc3)cc2)CC1. The van der Waals surface area contributed by atoms with Crippen molar-refractivity contribution >= 4 is 17.7 Å². The number of carbonyl (C=O) groups is 3. The van der Waals surface area contributed by atoms with Gasteiger partial charge >= 0.3 is 11.9 Å². The van der Waals surface area contributed by atoms with Gasteiger partial charge in [-0.3, -0.25) is 4.79 Å². The van der Waals surface area contributed by atoms with Crippen LogP contribution in [0.2, 0.25) is 0 Å². The molecule has 0 bridgehead atoms. The first-order valence-corrected chi connectivity index (χ1v) is 16.5. The van der Waals surface area contributed by atoms with Gasteiger partial charge in [-0.2, -0.15) is 0 Å². The molecule has 1 saturated heterocycles. The molecule has 2 atom stereocenters. The first-order valence-electron chi connectivity index (χ1n) is 16.5. The Kier molecular flexibility index (Phi) is 13.3. The molecule has 2 aromatic rings. The molecule has 0 spiro atoms. The van der Waals surface area contributed by atoms with Gasteiger partial charge in [0.2, 0.25) is 0 Å². The second-order valence-electron chi connectivity index (χ2n) is 11.9. The maximum Gasteiger partial charge on any atom is 0.338 e. The second-order valence-corrected chi connectivity index (χ2v) is 11.9. The van der Waals surface area contributed by atoms with E-state index in [1.165, 1.54) is 5.56 Å². The van der Waals surface area contributed by atoms with Crippen molar-refractivity contribution in [3.05, 3.63) is 71.8 Å². The van der Waals surface area contributed by atoms with Crippen LogP contribution in [0, 0.1) is 0 Å². The van der Waals surface area contributed by atoms with Crippen molar-refractivity contribution in [1.82, 2.24) is 0 Å². The number of hydrogen-bond acceptors (Lipinski definition) is 8. The van der Waals surface area contributed by atoms with Gasteiger partial charge in [-0.1, -0.05) is 68.0 Å². The van der Waals surface area contributed by atoms with Crippen LogP contribution in [0.1, 0.15) is 102 Å². The van der Waals surface area contributed by atoms with Crippen LogP contribution in [0.5, 0.6) is 0 Å². The highest BCUT2D eigenvalue weighted by molar-refractivity contribution is 5.94. The third-order valence-electron chi connectivity index (χ3n) is 8.55. The van der Waals surface area contributed by atoms with E-state index >= 15 is 0 Å². The lowest BCUT2D eigenvalue weighted by molar-refractivity contribution is -0.163. The molecule has 8 nitrogen and oxygen atoms in total. The van der Waals surface area contributed by atoms with Crippen LogP contribution < -0.4 is 0 Å². The molecule has 0 amide bonds. The molecule has 1 saturated carbocycles. The average Bonchev–Trinajstić information content (AvgIpc) is 3.51. The largest absolute Gasteiger partial charge is 0.464 e. The minimum absolute atomic E-state index is 0.172. The molecule has 1 heterocycles. The fourth-order valence-corrected chi connectivity index (χ4v) is 5.95. The second kappa shape index (κ2) is 17.4. The molecule has 0 radical (unpaired) electrons. The maximum absolute atomic E-state index is 12.4. The molecular weight excluding hydrogens is 572 g/mol. The highest BCUT2D eigenvalue weighted by Gasteiger charge is 2.47. The predicted octanol–water partition coefficient (Wildman–Crippen LogP) is 7.40. The lowest BCUT2D eigenvalue weighted by Gasteiger charge is -2.29. The van der Waals surface area contributed by atoms with E-state index in [0.717, 1.165) is 69.1 Å². The van der Waals surface area contributed by atoms with E-state index in [1.54, 1.807) is 20.8 Å². The number of unbranched alkanes of at least 4 members (excludes halogenated alkanes) is 3. The number of allylic oxidation sites excluding steroid dienone is 1. The summed E-state index contributed by atoms with van der Waals surface area (Å²) in [6, 6.07) is 16.5. The number of benzene rings is 2. The summed E-state index contributed by atoms with van der Waals surface area (Å²) in [5, 5.41) is 0. The lowest BCUT2D eigenvalue weighted by atomic mass is 9.82. The summed E-state index contributed by atoms with van der Waals surface area (Å²) >= 11 is 0. The fourth-order valence-electron chi connectivity index (χ4n) is 5.95. The van der Waals surface area contributed by atoms with Crippen molar-refractivity contribution in [2.24, 2.45) is 0 Å². The molecule has 45 heavy (non-hydrogen) atoms. The van der Waals surface area contributed by atoms with Crippen molar-refractivity contribution in [1.29, 1.82) is 0 Å². The van der Waals surface area contributed by atoms with E-state index in [9.17, 15) is 14.4 Å². The van der Waals surface area contributed by atoms with Gasteiger partial charge in [0, 0.05) is 18.6 Å². The van der Waals surface area contributed by atoms with Gasteiger partial charge in [0.25, 0.3) is 0 Å². The molecule has 2 aromatic carbocycles. The zero-order valence-corrected chi connectivity index (χ0v) is 27.0. The molecule has 0 aromatic heterocycles. The summed E-state index contributed by atoms with van der Waals surface area (Å²) in [4.78, 5) is 36.4. The first kappa shape index (κ1) is 34.5. The Morgan fingerprint density at radius 2 is 1.24 bits per heavy atom. The zero-order valence-electron chi connectivity index (χ0n) is 27.0. The lowest BCUT2D eigenvalue weighted by Crippen LogP contribution is -2.39. The molecule has 1 aliphatic carbocycles. The van der Waals surface area contributed by atoms with E-state index in [4.69, 9.17) is 23.7 Å². The Bertz CT molecular complexity index is 1230. The molecule has 2 aliphatic rings. The minimum atomic E-state index is -1.18. The topological polar surface area (TPSA) is 97.4 Å². The smallest absolute Gasteiger partial charge is 0.338 e. The number of rotatable bonds is 16. The Labute approximate surface area is 267 Å². The van der Waals surface area contributed by atoms with Crippen molar-refractivity contribution in [2.75, 3.05) is 19.8 Å². The van der Waals surface area contributed by atoms with Crippen LogP contribution in [0.15, 0.2) is 60.7 Å². The molecular formula is C37H48O8. The van der Waals surface area contributed by atoms with Gasteiger partial charge in [0.1, 0.15) is 0 Å². The molecule has 244 valence electrons. The van der Waals surface area contributed by atoms with Crippen molar-refractivity contribution in [2.45, 2.75) is 109 Å². The summed E-state index contributed by atoms with van der Waals surface area (Å²) in [7, 11) is 0. The fraction of sp³-hybridized carbons (Fsp3) is 0.541. The van der Waals surface area contributed by atoms with E-state index in [0.29, 0.717) is 29.6 Å². The molecule has 8 heteroatoms. The average molecular weight is 621 g/mol. The Morgan fingerprint density at radius 3 is 1.76 bits per heavy atom. The van der Waals surface area contributed by atoms with Crippen LogP contribution in [0.4, 0.5) is 0 Å².